The maximum Gasteiger partial charge on any atom is 0.141 e. The number of rotatable bonds is 1. The lowest BCUT2D eigenvalue weighted by molar-refractivity contribution is 0.384. The number of hydrogen-bond donors (Lipinski definition) is 1. The summed E-state index contributed by atoms with van der Waals surface area (Å²) in [7, 11) is 0. The minimum atomic E-state index is 0.493. The molecule has 1 aliphatic rings. The average Bonchev–Trinajstić information content (AvgIpc) is 2.81. The number of pyridine rings is 1. The van der Waals surface area contributed by atoms with E-state index in [2.05, 4.69) is 55.1 Å². The molecule has 0 saturated carbocycles. The van der Waals surface area contributed by atoms with Crippen molar-refractivity contribution in [3.05, 3.63) is 41.0 Å². The molecule has 3 heterocycles. The summed E-state index contributed by atoms with van der Waals surface area (Å²) in [5, 5.41) is 6.05. The number of fused-ring (bicyclic) bond motifs is 3. The Bertz CT molecular complexity index is 772. The highest BCUT2D eigenvalue weighted by molar-refractivity contribution is 9.10. The van der Waals surface area contributed by atoms with E-state index in [0.717, 1.165) is 23.2 Å². The molecule has 4 heteroatoms. The first kappa shape index (κ1) is 12.4. The third-order valence-corrected chi connectivity index (χ3v) is 4.65. The summed E-state index contributed by atoms with van der Waals surface area (Å²) >= 11 is 3.60. The van der Waals surface area contributed by atoms with Crippen LogP contribution in [-0.2, 0) is 0 Å². The maximum absolute atomic E-state index is 4.64. The van der Waals surface area contributed by atoms with E-state index in [1.165, 1.54) is 29.1 Å². The van der Waals surface area contributed by atoms with Crippen molar-refractivity contribution in [2.45, 2.75) is 18.9 Å². The van der Waals surface area contributed by atoms with Crippen LogP contribution in [0, 0.1) is 0 Å². The second-order valence-corrected chi connectivity index (χ2v) is 6.32. The van der Waals surface area contributed by atoms with Crippen LogP contribution in [0.5, 0.6) is 0 Å². The monoisotopic (exact) mass is 329 g/mol. The summed E-state index contributed by atoms with van der Waals surface area (Å²) in [5.74, 6) is 0. The second-order valence-electron chi connectivity index (χ2n) is 5.41. The molecule has 102 valence electrons. The molecule has 0 amide bonds. The van der Waals surface area contributed by atoms with E-state index in [-0.39, 0.29) is 0 Å². The highest BCUT2D eigenvalue weighted by atomic mass is 79.9. The lowest BCUT2D eigenvalue weighted by Gasteiger charge is -2.25. The predicted molar refractivity (Wildman–Crippen MR) is 86.1 cm³/mol. The number of aromatic nitrogens is 2. The Balaban J connectivity index is 2.05. The van der Waals surface area contributed by atoms with Crippen LogP contribution in [0.3, 0.4) is 0 Å². The van der Waals surface area contributed by atoms with Gasteiger partial charge in [-0.1, -0.05) is 22.0 Å². The fourth-order valence-corrected chi connectivity index (χ4v) is 3.62. The molecule has 0 bridgehead atoms. The Morgan fingerprint density at radius 2 is 2.20 bits per heavy atom. The first-order valence-corrected chi connectivity index (χ1v) is 7.89. The summed E-state index contributed by atoms with van der Waals surface area (Å²) in [6, 6.07) is 11.2. The third kappa shape index (κ3) is 1.86. The minimum absolute atomic E-state index is 0.493. The van der Waals surface area contributed by atoms with E-state index >= 15 is 0 Å². The van der Waals surface area contributed by atoms with E-state index in [4.69, 9.17) is 0 Å². The molecule has 1 unspecified atom stereocenters. The van der Waals surface area contributed by atoms with Gasteiger partial charge in [-0.05, 0) is 43.7 Å². The van der Waals surface area contributed by atoms with Crippen molar-refractivity contribution in [2.75, 3.05) is 13.1 Å². The van der Waals surface area contributed by atoms with Gasteiger partial charge in [-0.15, -0.1) is 0 Å². The normalized spacial score (nSPS) is 19.8. The van der Waals surface area contributed by atoms with Crippen LogP contribution < -0.4 is 5.32 Å². The van der Waals surface area contributed by atoms with E-state index in [1.54, 1.807) is 0 Å². The zero-order chi connectivity index (χ0) is 13.5. The molecule has 4 rings (SSSR count). The fraction of sp³-hybridized carbons (Fsp3) is 0.312. The number of piperidine rings is 1. The molecule has 3 aromatic rings. The zero-order valence-corrected chi connectivity index (χ0v) is 12.7. The van der Waals surface area contributed by atoms with Crippen molar-refractivity contribution in [3.63, 3.8) is 0 Å². The Labute approximate surface area is 126 Å². The minimum Gasteiger partial charge on any atom is -0.321 e. The number of halogens is 1. The lowest BCUT2D eigenvalue weighted by Crippen LogP contribution is -2.31. The van der Waals surface area contributed by atoms with Crippen molar-refractivity contribution < 1.29 is 0 Å². The van der Waals surface area contributed by atoms with Gasteiger partial charge in [0.15, 0.2) is 0 Å². The highest BCUT2D eigenvalue weighted by Gasteiger charge is 2.20. The average molecular weight is 330 g/mol. The lowest BCUT2D eigenvalue weighted by atomic mass is 10.1. The summed E-state index contributed by atoms with van der Waals surface area (Å²) in [6.07, 6.45) is 4.34. The summed E-state index contributed by atoms with van der Waals surface area (Å²) in [6.45, 7) is 2.16. The molecule has 20 heavy (non-hydrogen) atoms. The van der Waals surface area contributed by atoms with Crippen molar-refractivity contribution in [3.8, 4) is 0 Å². The fourth-order valence-electron chi connectivity index (χ4n) is 3.27. The van der Waals surface area contributed by atoms with Gasteiger partial charge >= 0.3 is 0 Å². The Morgan fingerprint density at radius 3 is 3.05 bits per heavy atom. The van der Waals surface area contributed by atoms with Gasteiger partial charge < -0.3 is 9.88 Å². The van der Waals surface area contributed by atoms with Crippen molar-refractivity contribution in [1.82, 2.24) is 14.9 Å². The topological polar surface area (TPSA) is 29.9 Å². The SMILES string of the molecule is Brc1ccc2c3cccnc3n(C3CCCNC3)c2c1. The Hall–Kier alpha value is -1.39. The predicted octanol–water partition coefficient (Wildman–Crippen LogP) is 3.88. The van der Waals surface area contributed by atoms with Crippen molar-refractivity contribution >= 4 is 37.9 Å². The number of nitrogens with one attached hydrogen (secondary N) is 1. The van der Waals surface area contributed by atoms with E-state index in [9.17, 15) is 0 Å². The van der Waals surface area contributed by atoms with Crippen LogP contribution in [0.25, 0.3) is 21.9 Å². The van der Waals surface area contributed by atoms with Crippen LogP contribution in [-0.4, -0.2) is 22.6 Å². The molecule has 2 aromatic heterocycles. The second kappa shape index (κ2) is 4.86. The molecule has 0 spiro atoms. The maximum atomic E-state index is 4.64. The molecular weight excluding hydrogens is 314 g/mol. The highest BCUT2D eigenvalue weighted by Crippen LogP contribution is 2.34. The number of benzene rings is 1. The zero-order valence-electron chi connectivity index (χ0n) is 11.1. The van der Waals surface area contributed by atoms with Crippen molar-refractivity contribution in [1.29, 1.82) is 0 Å². The van der Waals surface area contributed by atoms with Gasteiger partial charge in [0, 0.05) is 34.0 Å². The van der Waals surface area contributed by atoms with Crippen LogP contribution >= 0.6 is 15.9 Å². The first-order chi connectivity index (χ1) is 9.84. The van der Waals surface area contributed by atoms with E-state index < -0.39 is 0 Å². The smallest absolute Gasteiger partial charge is 0.141 e. The number of nitrogens with zero attached hydrogens (tertiary/aromatic N) is 2. The summed E-state index contributed by atoms with van der Waals surface area (Å²) in [5.41, 5.74) is 2.39. The van der Waals surface area contributed by atoms with Gasteiger partial charge in [-0.3, -0.25) is 0 Å². The third-order valence-electron chi connectivity index (χ3n) is 4.16. The first-order valence-electron chi connectivity index (χ1n) is 7.09. The largest absolute Gasteiger partial charge is 0.321 e. The molecule has 0 radical (unpaired) electrons. The summed E-state index contributed by atoms with van der Waals surface area (Å²) < 4.78 is 3.54. The van der Waals surface area contributed by atoms with Gasteiger partial charge in [0.05, 0.1) is 5.52 Å². The number of hydrogen-bond acceptors (Lipinski definition) is 2. The van der Waals surface area contributed by atoms with Gasteiger partial charge in [0.25, 0.3) is 0 Å². The Morgan fingerprint density at radius 1 is 1.25 bits per heavy atom. The molecule has 1 aliphatic heterocycles. The Kier molecular flexibility index (Phi) is 3.00. The van der Waals surface area contributed by atoms with Crippen LogP contribution in [0.1, 0.15) is 18.9 Å². The van der Waals surface area contributed by atoms with E-state index in [1.807, 2.05) is 12.3 Å². The molecule has 0 aliphatic carbocycles. The molecule has 1 atom stereocenters. The van der Waals surface area contributed by atoms with Gasteiger partial charge in [0.2, 0.25) is 0 Å². The van der Waals surface area contributed by atoms with Crippen molar-refractivity contribution in [2.24, 2.45) is 0 Å². The van der Waals surface area contributed by atoms with Gasteiger partial charge in [0.1, 0.15) is 5.65 Å². The van der Waals surface area contributed by atoms with Crippen LogP contribution in [0.2, 0.25) is 0 Å². The molecule has 1 fully saturated rings. The van der Waals surface area contributed by atoms with Crippen LogP contribution in [0.4, 0.5) is 0 Å². The van der Waals surface area contributed by atoms with Crippen LogP contribution in [0.15, 0.2) is 41.0 Å². The standard InChI is InChI=1S/C16H16BrN3/c17-11-5-6-13-14-4-2-8-19-16(14)20(15(13)9-11)12-3-1-7-18-10-12/h2,4-6,8-9,12,18H,1,3,7,10H2. The molecule has 1 aromatic carbocycles. The van der Waals surface area contributed by atoms with Gasteiger partial charge in [-0.25, -0.2) is 4.98 Å². The molecule has 3 nitrogen and oxygen atoms in total. The quantitative estimate of drug-likeness (QED) is 0.734. The van der Waals surface area contributed by atoms with E-state index in [0.29, 0.717) is 6.04 Å². The summed E-state index contributed by atoms with van der Waals surface area (Å²) in [4.78, 5) is 4.64. The molecule has 1 N–H and O–H groups in total. The molecular formula is C16H16BrN3. The van der Waals surface area contributed by atoms with Gasteiger partial charge in [-0.2, -0.15) is 0 Å². The molecule has 1 saturated heterocycles.